The van der Waals surface area contributed by atoms with E-state index in [1.54, 1.807) is 6.07 Å². The Morgan fingerprint density at radius 1 is 1.35 bits per heavy atom. The molecule has 1 aliphatic heterocycles. The summed E-state index contributed by atoms with van der Waals surface area (Å²) in [6, 6.07) is 3.12. The first kappa shape index (κ1) is 15.5. The lowest BCUT2D eigenvalue weighted by Gasteiger charge is -2.22. The number of nitrogens with one attached hydrogen (secondary N) is 1. The smallest absolute Gasteiger partial charge is 0.275 e. The summed E-state index contributed by atoms with van der Waals surface area (Å²) < 4.78 is 40.9. The van der Waals surface area contributed by atoms with Gasteiger partial charge in [-0.25, -0.2) is 12.7 Å². The average molecular weight is 304 g/mol. The highest BCUT2D eigenvalue weighted by molar-refractivity contribution is 7.88. The molecule has 1 unspecified atom stereocenters. The van der Waals surface area contributed by atoms with Crippen LogP contribution in [0.25, 0.3) is 0 Å². The van der Waals surface area contributed by atoms with Gasteiger partial charge in [-0.05, 0) is 12.1 Å². The summed E-state index contributed by atoms with van der Waals surface area (Å²) in [5.41, 5.74) is 0. The zero-order valence-corrected chi connectivity index (χ0v) is 12.5. The highest BCUT2D eigenvalue weighted by atomic mass is 32.2. The Morgan fingerprint density at radius 3 is 2.80 bits per heavy atom. The van der Waals surface area contributed by atoms with Crippen LogP contribution < -0.4 is 5.32 Å². The van der Waals surface area contributed by atoms with Crippen LogP contribution in [0.1, 0.15) is 5.76 Å². The standard InChI is InChI=1S/C12H20N2O5S/c1-14(2)20(15,16)12-4-3-10(19-12)7-13-8-11-9-17-5-6-18-11/h3-4,11,13H,5-9H2,1-2H3. The van der Waals surface area contributed by atoms with E-state index in [1.165, 1.54) is 20.2 Å². The highest BCUT2D eigenvalue weighted by Crippen LogP contribution is 2.16. The van der Waals surface area contributed by atoms with E-state index in [0.29, 0.717) is 38.7 Å². The van der Waals surface area contributed by atoms with Crippen molar-refractivity contribution in [3.05, 3.63) is 17.9 Å². The molecule has 1 aliphatic rings. The first-order chi connectivity index (χ1) is 9.50. The second-order valence-corrected chi connectivity index (χ2v) is 6.79. The van der Waals surface area contributed by atoms with Crippen molar-refractivity contribution in [1.29, 1.82) is 0 Å². The van der Waals surface area contributed by atoms with Gasteiger partial charge in [-0.2, -0.15) is 0 Å². The van der Waals surface area contributed by atoms with Gasteiger partial charge in [0.1, 0.15) is 5.76 Å². The first-order valence-corrected chi connectivity index (χ1v) is 7.85. The summed E-state index contributed by atoms with van der Waals surface area (Å²) in [6.07, 6.45) is 0.0312. The third-order valence-corrected chi connectivity index (χ3v) is 4.62. The van der Waals surface area contributed by atoms with Gasteiger partial charge in [0.05, 0.1) is 32.5 Å². The Labute approximate surface area is 118 Å². The largest absolute Gasteiger partial charge is 0.447 e. The number of hydrogen-bond donors (Lipinski definition) is 1. The van der Waals surface area contributed by atoms with Crippen LogP contribution in [0.4, 0.5) is 0 Å². The molecule has 2 rings (SSSR count). The van der Waals surface area contributed by atoms with Gasteiger partial charge in [-0.3, -0.25) is 0 Å². The van der Waals surface area contributed by atoms with Gasteiger partial charge in [0.15, 0.2) is 0 Å². The third kappa shape index (κ3) is 3.80. The summed E-state index contributed by atoms with van der Waals surface area (Å²) in [6.45, 7) is 2.91. The second-order valence-electron chi connectivity index (χ2n) is 4.71. The summed E-state index contributed by atoms with van der Waals surface area (Å²) >= 11 is 0. The van der Waals surface area contributed by atoms with E-state index in [9.17, 15) is 8.42 Å². The molecule has 0 saturated carbocycles. The topological polar surface area (TPSA) is 81.0 Å². The van der Waals surface area contributed by atoms with E-state index in [4.69, 9.17) is 13.9 Å². The Morgan fingerprint density at radius 2 is 2.15 bits per heavy atom. The number of furan rings is 1. The molecular formula is C12H20N2O5S. The summed E-state index contributed by atoms with van der Waals surface area (Å²) in [5.74, 6) is 0.571. The van der Waals surface area contributed by atoms with Crippen LogP contribution >= 0.6 is 0 Å². The van der Waals surface area contributed by atoms with Gasteiger partial charge in [-0.1, -0.05) is 0 Å². The summed E-state index contributed by atoms with van der Waals surface area (Å²) in [5, 5.41) is 3.11. The van der Waals surface area contributed by atoms with Gasteiger partial charge in [0, 0.05) is 20.6 Å². The first-order valence-electron chi connectivity index (χ1n) is 6.41. The van der Waals surface area contributed by atoms with Crippen molar-refractivity contribution in [3.63, 3.8) is 0 Å². The third-order valence-electron chi connectivity index (χ3n) is 2.93. The van der Waals surface area contributed by atoms with Crippen LogP contribution in [-0.4, -0.2) is 59.3 Å². The molecule has 1 aromatic heterocycles. The van der Waals surface area contributed by atoms with Crippen molar-refractivity contribution in [3.8, 4) is 0 Å². The SMILES string of the molecule is CN(C)S(=O)(=O)c1ccc(CNCC2COCCO2)o1. The molecular weight excluding hydrogens is 284 g/mol. The monoisotopic (exact) mass is 304 g/mol. The average Bonchev–Trinajstić information content (AvgIpc) is 2.89. The molecule has 1 N–H and O–H groups in total. The minimum Gasteiger partial charge on any atom is -0.447 e. The zero-order valence-electron chi connectivity index (χ0n) is 11.7. The van der Waals surface area contributed by atoms with Crippen LogP contribution in [-0.2, 0) is 26.0 Å². The van der Waals surface area contributed by atoms with E-state index in [-0.39, 0.29) is 11.2 Å². The predicted molar refractivity (Wildman–Crippen MR) is 71.8 cm³/mol. The zero-order chi connectivity index (χ0) is 14.6. The fraction of sp³-hybridized carbons (Fsp3) is 0.667. The number of sulfonamides is 1. The quantitative estimate of drug-likeness (QED) is 0.799. The van der Waals surface area contributed by atoms with Crippen LogP contribution in [0.3, 0.4) is 0 Å². The summed E-state index contributed by atoms with van der Waals surface area (Å²) in [7, 11) is -0.570. The van der Waals surface area contributed by atoms with Gasteiger partial charge < -0.3 is 19.2 Å². The maximum absolute atomic E-state index is 11.8. The number of nitrogens with zero attached hydrogens (tertiary/aromatic N) is 1. The van der Waals surface area contributed by atoms with Gasteiger partial charge >= 0.3 is 0 Å². The van der Waals surface area contributed by atoms with Gasteiger partial charge in [0.2, 0.25) is 5.09 Å². The number of hydrogen-bond acceptors (Lipinski definition) is 6. The summed E-state index contributed by atoms with van der Waals surface area (Å²) in [4.78, 5) is 0. The lowest BCUT2D eigenvalue weighted by Crippen LogP contribution is -2.37. The molecule has 8 heteroatoms. The van der Waals surface area contributed by atoms with Crippen molar-refractivity contribution in [1.82, 2.24) is 9.62 Å². The molecule has 1 saturated heterocycles. The van der Waals surface area contributed by atoms with E-state index in [2.05, 4.69) is 5.32 Å². The molecule has 1 atom stereocenters. The van der Waals surface area contributed by atoms with E-state index in [0.717, 1.165) is 4.31 Å². The number of rotatable bonds is 6. The Hall–Kier alpha value is -0.930. The van der Waals surface area contributed by atoms with Crippen molar-refractivity contribution >= 4 is 10.0 Å². The maximum Gasteiger partial charge on any atom is 0.275 e. The minimum atomic E-state index is -3.51. The predicted octanol–water partition coefficient (Wildman–Crippen LogP) is 0.0349. The van der Waals surface area contributed by atoms with Crippen LogP contribution in [0.5, 0.6) is 0 Å². The molecule has 0 radical (unpaired) electrons. The maximum atomic E-state index is 11.8. The molecule has 0 aromatic carbocycles. The second kappa shape index (κ2) is 6.68. The van der Waals surface area contributed by atoms with Crippen LogP contribution in [0.2, 0.25) is 0 Å². The lowest BCUT2D eigenvalue weighted by molar-refractivity contribution is -0.0865. The lowest BCUT2D eigenvalue weighted by atomic mass is 10.3. The molecule has 1 fully saturated rings. The van der Waals surface area contributed by atoms with Crippen molar-refractivity contribution in [2.24, 2.45) is 0 Å². The molecule has 0 amide bonds. The Kier molecular flexibility index (Phi) is 5.17. The van der Waals surface area contributed by atoms with Crippen molar-refractivity contribution in [2.75, 3.05) is 40.5 Å². The molecule has 2 heterocycles. The fourth-order valence-electron chi connectivity index (χ4n) is 1.78. The molecule has 1 aromatic rings. The van der Waals surface area contributed by atoms with E-state index < -0.39 is 10.0 Å². The molecule has 0 bridgehead atoms. The fourth-order valence-corrected chi connectivity index (χ4v) is 2.59. The van der Waals surface area contributed by atoms with Gasteiger partial charge in [0.25, 0.3) is 10.0 Å². The molecule has 20 heavy (non-hydrogen) atoms. The molecule has 114 valence electrons. The molecule has 0 aliphatic carbocycles. The van der Waals surface area contributed by atoms with Crippen LogP contribution in [0, 0.1) is 0 Å². The normalized spacial score (nSPS) is 20.4. The Bertz CT molecular complexity index is 520. The van der Waals surface area contributed by atoms with Crippen molar-refractivity contribution in [2.45, 2.75) is 17.7 Å². The molecule has 7 nitrogen and oxygen atoms in total. The van der Waals surface area contributed by atoms with E-state index >= 15 is 0 Å². The number of ether oxygens (including phenoxy) is 2. The minimum absolute atomic E-state index is 0.0312. The van der Waals surface area contributed by atoms with Crippen molar-refractivity contribution < 1.29 is 22.3 Å². The highest BCUT2D eigenvalue weighted by Gasteiger charge is 2.21. The van der Waals surface area contributed by atoms with Gasteiger partial charge in [-0.15, -0.1) is 0 Å². The molecule has 0 spiro atoms. The Balaban J connectivity index is 1.84. The van der Waals surface area contributed by atoms with Crippen LogP contribution in [0.15, 0.2) is 21.6 Å². The van der Waals surface area contributed by atoms with E-state index in [1.807, 2.05) is 0 Å².